The van der Waals surface area contributed by atoms with E-state index in [-0.39, 0.29) is 5.82 Å². The molecule has 1 aromatic heterocycles. The van der Waals surface area contributed by atoms with Crippen LogP contribution in [0.25, 0.3) is 0 Å². The molecule has 2 saturated heterocycles. The molecule has 4 nitrogen and oxygen atoms in total. The van der Waals surface area contributed by atoms with Crippen molar-refractivity contribution >= 4 is 17.4 Å². The Bertz CT molecular complexity index is 710. The molecule has 25 heavy (non-hydrogen) atoms. The zero-order valence-electron chi connectivity index (χ0n) is 13.9. The van der Waals surface area contributed by atoms with Gasteiger partial charge in [0.15, 0.2) is 0 Å². The van der Waals surface area contributed by atoms with Gasteiger partial charge in [0.25, 0.3) is 0 Å². The van der Waals surface area contributed by atoms with Crippen LogP contribution in [0.1, 0.15) is 6.42 Å². The van der Waals surface area contributed by atoms with Crippen molar-refractivity contribution in [3.05, 3.63) is 53.4 Å². The maximum Gasteiger partial charge on any atom is 0.128 e. The molecular weight excluding hydrogens is 341 g/mol. The average molecular weight is 362 g/mol. The van der Waals surface area contributed by atoms with Crippen LogP contribution in [-0.2, 0) is 0 Å². The number of pyridine rings is 1. The molecular formula is C19H21ClFN3O. The normalized spacial score (nSPS) is 23.5. The number of hydrogen-bond donors (Lipinski definition) is 0. The predicted octanol–water partition coefficient (Wildman–Crippen LogP) is 3.46. The Balaban J connectivity index is 1.32. The van der Waals surface area contributed by atoms with E-state index in [1.165, 1.54) is 12.1 Å². The highest BCUT2D eigenvalue weighted by Gasteiger charge is 2.36. The zero-order chi connectivity index (χ0) is 17.2. The van der Waals surface area contributed by atoms with Crippen molar-refractivity contribution in [3.8, 4) is 5.75 Å². The van der Waals surface area contributed by atoms with E-state index in [0.29, 0.717) is 23.6 Å². The van der Waals surface area contributed by atoms with Gasteiger partial charge in [-0.3, -0.25) is 4.90 Å². The van der Waals surface area contributed by atoms with Crippen LogP contribution in [0.15, 0.2) is 42.6 Å². The molecule has 0 amide bonds. The van der Waals surface area contributed by atoms with Gasteiger partial charge in [-0.2, -0.15) is 0 Å². The van der Waals surface area contributed by atoms with Crippen LogP contribution in [0.2, 0.25) is 5.02 Å². The fourth-order valence-corrected chi connectivity index (χ4v) is 3.89. The minimum Gasteiger partial charge on any atom is -0.493 e. The number of anilines is 1. The molecule has 6 heteroatoms. The molecule has 0 radical (unpaired) electrons. The van der Waals surface area contributed by atoms with E-state index in [1.54, 1.807) is 18.3 Å². The number of aromatic nitrogens is 1. The van der Waals surface area contributed by atoms with E-state index >= 15 is 0 Å². The summed E-state index contributed by atoms with van der Waals surface area (Å²) in [5, 5.41) is 0.668. The Morgan fingerprint density at radius 1 is 1.12 bits per heavy atom. The van der Waals surface area contributed by atoms with E-state index in [9.17, 15) is 4.39 Å². The number of hydrogen-bond acceptors (Lipinski definition) is 4. The molecule has 2 aliphatic rings. The summed E-state index contributed by atoms with van der Waals surface area (Å²) < 4.78 is 18.8. The minimum atomic E-state index is -0.235. The van der Waals surface area contributed by atoms with Gasteiger partial charge < -0.3 is 9.64 Å². The SMILES string of the molecule is Fc1ccc(OCC2CC3CN(c4ccc(Cl)cn4)CCN3C2)cc1. The second-order valence-electron chi connectivity index (χ2n) is 6.80. The fourth-order valence-electron chi connectivity index (χ4n) is 3.78. The van der Waals surface area contributed by atoms with Gasteiger partial charge in [-0.25, -0.2) is 9.37 Å². The number of fused-ring (bicyclic) bond motifs is 1. The highest BCUT2D eigenvalue weighted by Crippen LogP contribution is 2.29. The molecule has 4 rings (SSSR count). The number of benzene rings is 1. The van der Waals surface area contributed by atoms with Crippen LogP contribution in [0.3, 0.4) is 0 Å². The van der Waals surface area contributed by atoms with Crippen molar-refractivity contribution in [2.24, 2.45) is 5.92 Å². The van der Waals surface area contributed by atoms with E-state index in [1.807, 2.05) is 12.1 Å². The Labute approximate surface area is 152 Å². The maximum atomic E-state index is 12.9. The van der Waals surface area contributed by atoms with Crippen molar-refractivity contribution in [3.63, 3.8) is 0 Å². The summed E-state index contributed by atoms with van der Waals surface area (Å²) in [6.07, 6.45) is 2.82. The molecule has 0 bridgehead atoms. The molecule has 2 aliphatic heterocycles. The fraction of sp³-hybridized carbons (Fsp3) is 0.421. The third-order valence-corrected chi connectivity index (χ3v) is 5.26. The molecule has 3 heterocycles. The molecule has 2 atom stereocenters. The second-order valence-corrected chi connectivity index (χ2v) is 7.23. The number of nitrogens with zero attached hydrogens (tertiary/aromatic N) is 3. The van der Waals surface area contributed by atoms with Gasteiger partial charge in [-0.15, -0.1) is 0 Å². The van der Waals surface area contributed by atoms with E-state index in [2.05, 4.69) is 14.8 Å². The lowest BCUT2D eigenvalue weighted by atomic mass is 10.1. The molecule has 0 saturated carbocycles. The monoisotopic (exact) mass is 361 g/mol. The highest BCUT2D eigenvalue weighted by molar-refractivity contribution is 6.30. The summed E-state index contributed by atoms with van der Waals surface area (Å²) in [6, 6.07) is 10.7. The summed E-state index contributed by atoms with van der Waals surface area (Å²) >= 11 is 5.93. The zero-order valence-corrected chi connectivity index (χ0v) is 14.7. The molecule has 2 unspecified atom stereocenters. The summed E-state index contributed by atoms with van der Waals surface area (Å²) in [7, 11) is 0. The summed E-state index contributed by atoms with van der Waals surface area (Å²) in [4.78, 5) is 9.32. The van der Waals surface area contributed by atoms with Crippen LogP contribution in [0, 0.1) is 11.7 Å². The third-order valence-electron chi connectivity index (χ3n) is 5.04. The molecule has 2 aromatic rings. The lowest BCUT2D eigenvalue weighted by Crippen LogP contribution is -2.50. The molecule has 0 spiro atoms. The largest absolute Gasteiger partial charge is 0.493 e. The number of piperazine rings is 1. The first kappa shape index (κ1) is 16.6. The van der Waals surface area contributed by atoms with Gasteiger partial charge in [-0.05, 0) is 42.8 Å². The first-order chi connectivity index (χ1) is 12.2. The van der Waals surface area contributed by atoms with Crippen LogP contribution in [-0.4, -0.2) is 48.7 Å². The van der Waals surface area contributed by atoms with Gasteiger partial charge in [0, 0.05) is 44.3 Å². The molecule has 2 fully saturated rings. The van der Waals surface area contributed by atoms with Crippen LogP contribution < -0.4 is 9.64 Å². The average Bonchev–Trinajstić information content (AvgIpc) is 3.04. The quantitative estimate of drug-likeness (QED) is 0.833. The molecule has 0 aliphatic carbocycles. The first-order valence-corrected chi connectivity index (χ1v) is 9.04. The number of ether oxygens (including phenoxy) is 1. The Hall–Kier alpha value is -1.85. The van der Waals surface area contributed by atoms with Gasteiger partial charge in [-0.1, -0.05) is 11.6 Å². The van der Waals surface area contributed by atoms with Gasteiger partial charge in [0.1, 0.15) is 17.4 Å². The number of rotatable bonds is 4. The van der Waals surface area contributed by atoms with Gasteiger partial charge in [0.2, 0.25) is 0 Å². The maximum absolute atomic E-state index is 12.9. The van der Waals surface area contributed by atoms with Crippen LogP contribution >= 0.6 is 11.6 Å². The summed E-state index contributed by atoms with van der Waals surface area (Å²) in [5.74, 6) is 2.00. The lowest BCUT2D eigenvalue weighted by molar-refractivity contribution is 0.216. The smallest absolute Gasteiger partial charge is 0.128 e. The first-order valence-electron chi connectivity index (χ1n) is 8.66. The van der Waals surface area contributed by atoms with E-state index in [4.69, 9.17) is 16.3 Å². The Morgan fingerprint density at radius 3 is 2.72 bits per heavy atom. The molecule has 132 valence electrons. The van der Waals surface area contributed by atoms with Gasteiger partial charge in [0.05, 0.1) is 11.6 Å². The second kappa shape index (κ2) is 7.18. The van der Waals surface area contributed by atoms with Crippen LogP contribution in [0.5, 0.6) is 5.75 Å². The standard InChI is InChI=1S/C19H21ClFN3O/c20-15-1-6-19(22-10-15)24-8-7-23-11-14(9-17(23)12-24)13-25-18-4-2-16(21)3-5-18/h1-6,10,14,17H,7-9,11-13H2. The van der Waals surface area contributed by atoms with Crippen molar-refractivity contribution in [2.75, 3.05) is 37.7 Å². The highest BCUT2D eigenvalue weighted by atomic mass is 35.5. The van der Waals surface area contributed by atoms with Crippen LogP contribution in [0.4, 0.5) is 10.2 Å². The summed E-state index contributed by atoms with van der Waals surface area (Å²) in [6.45, 7) is 4.76. The van der Waals surface area contributed by atoms with Crippen molar-refractivity contribution < 1.29 is 9.13 Å². The Kier molecular flexibility index (Phi) is 4.77. The lowest BCUT2D eigenvalue weighted by Gasteiger charge is -2.38. The molecule has 1 aromatic carbocycles. The van der Waals surface area contributed by atoms with E-state index < -0.39 is 0 Å². The predicted molar refractivity (Wildman–Crippen MR) is 96.8 cm³/mol. The van der Waals surface area contributed by atoms with Gasteiger partial charge >= 0.3 is 0 Å². The summed E-state index contributed by atoms with van der Waals surface area (Å²) in [5.41, 5.74) is 0. The van der Waals surface area contributed by atoms with E-state index in [0.717, 1.165) is 44.2 Å². The van der Waals surface area contributed by atoms with Crippen molar-refractivity contribution in [1.82, 2.24) is 9.88 Å². The van der Waals surface area contributed by atoms with Crippen molar-refractivity contribution in [2.45, 2.75) is 12.5 Å². The topological polar surface area (TPSA) is 28.6 Å². The minimum absolute atomic E-state index is 0.235. The number of halogens is 2. The molecule has 0 N–H and O–H groups in total. The third kappa shape index (κ3) is 3.88. The Morgan fingerprint density at radius 2 is 1.96 bits per heavy atom. The van der Waals surface area contributed by atoms with Crippen molar-refractivity contribution in [1.29, 1.82) is 0 Å².